The Bertz CT molecular complexity index is 1890. The molecule has 6 rings (SSSR count). The molecular formula is C33H28N6O4S. The number of thiazole rings is 1. The number of nitrogens with zero attached hydrogens (tertiary/aromatic N) is 3. The minimum absolute atomic E-state index is 0.0553. The summed E-state index contributed by atoms with van der Waals surface area (Å²) in [5, 5.41) is 11.9. The molecule has 0 unspecified atom stereocenters. The molecule has 2 amide bonds. The number of aromatic nitrogens is 3. The third kappa shape index (κ3) is 6.58. The molecule has 10 nitrogen and oxygen atoms in total. The first-order valence-corrected chi connectivity index (χ1v) is 14.8. The van der Waals surface area contributed by atoms with Crippen molar-refractivity contribution in [1.29, 1.82) is 0 Å². The molecule has 0 bridgehead atoms. The number of anilines is 3. The molecule has 0 radical (unpaired) electrons. The van der Waals surface area contributed by atoms with Gasteiger partial charge < -0.3 is 19.8 Å². The number of carbonyl (C=O) groups is 2. The molecule has 0 aliphatic heterocycles. The fraction of sp³-hybridized carbons (Fsp3) is 0.121. The lowest BCUT2D eigenvalue weighted by Gasteiger charge is -2.10. The molecule has 3 aromatic heterocycles. The van der Waals surface area contributed by atoms with Crippen LogP contribution in [0.5, 0.6) is 0 Å². The van der Waals surface area contributed by atoms with Gasteiger partial charge in [-0.15, -0.1) is 11.3 Å². The minimum Gasteiger partial charge on any atom is -0.469 e. The van der Waals surface area contributed by atoms with Gasteiger partial charge in [-0.1, -0.05) is 72.8 Å². The van der Waals surface area contributed by atoms with Gasteiger partial charge in [-0.25, -0.2) is 19.7 Å². The molecule has 0 aliphatic carbocycles. The number of esters is 1. The third-order valence-electron chi connectivity index (χ3n) is 6.83. The van der Waals surface area contributed by atoms with E-state index in [0.29, 0.717) is 34.6 Å². The number of urea groups is 1. The van der Waals surface area contributed by atoms with E-state index in [-0.39, 0.29) is 12.4 Å². The molecule has 0 saturated carbocycles. The van der Waals surface area contributed by atoms with Crippen molar-refractivity contribution >= 4 is 51.1 Å². The Labute approximate surface area is 257 Å². The van der Waals surface area contributed by atoms with Crippen molar-refractivity contribution < 1.29 is 18.7 Å². The highest BCUT2D eigenvalue weighted by molar-refractivity contribution is 7.14. The number of benzene rings is 3. The summed E-state index contributed by atoms with van der Waals surface area (Å²) in [6.45, 7) is 0.622. The van der Waals surface area contributed by atoms with Crippen LogP contribution in [0.4, 0.5) is 21.4 Å². The van der Waals surface area contributed by atoms with Crippen LogP contribution >= 0.6 is 11.3 Å². The summed E-state index contributed by atoms with van der Waals surface area (Å²) in [5.74, 6) is 1.06. The molecule has 44 heavy (non-hydrogen) atoms. The van der Waals surface area contributed by atoms with Gasteiger partial charge in [0.1, 0.15) is 17.9 Å². The fourth-order valence-corrected chi connectivity index (χ4v) is 5.45. The van der Waals surface area contributed by atoms with Gasteiger partial charge in [-0.3, -0.25) is 10.1 Å². The van der Waals surface area contributed by atoms with Gasteiger partial charge in [0.05, 0.1) is 24.6 Å². The number of amides is 2. The maximum Gasteiger partial charge on any atom is 0.325 e. The van der Waals surface area contributed by atoms with E-state index in [1.807, 2.05) is 72.8 Å². The maximum absolute atomic E-state index is 12.4. The number of furan rings is 1. The Morgan fingerprint density at radius 2 is 1.61 bits per heavy atom. The van der Waals surface area contributed by atoms with Crippen LogP contribution in [0, 0.1) is 0 Å². The van der Waals surface area contributed by atoms with E-state index in [9.17, 15) is 9.59 Å². The molecule has 0 aliphatic rings. The van der Waals surface area contributed by atoms with Crippen molar-refractivity contribution in [3.8, 4) is 22.5 Å². The van der Waals surface area contributed by atoms with E-state index in [1.165, 1.54) is 24.8 Å². The van der Waals surface area contributed by atoms with Crippen LogP contribution in [-0.2, 0) is 22.4 Å². The zero-order chi connectivity index (χ0) is 30.3. The second-order valence-corrected chi connectivity index (χ2v) is 10.6. The summed E-state index contributed by atoms with van der Waals surface area (Å²) in [4.78, 5) is 37.1. The highest BCUT2D eigenvalue weighted by Gasteiger charge is 2.22. The largest absolute Gasteiger partial charge is 0.469 e. The summed E-state index contributed by atoms with van der Waals surface area (Å²) in [6, 6.07) is 27.3. The second kappa shape index (κ2) is 13.2. The molecule has 220 valence electrons. The van der Waals surface area contributed by atoms with Crippen LogP contribution < -0.4 is 16.0 Å². The summed E-state index contributed by atoms with van der Waals surface area (Å²) < 4.78 is 10.9. The predicted molar refractivity (Wildman–Crippen MR) is 172 cm³/mol. The zero-order valence-electron chi connectivity index (χ0n) is 23.7. The highest BCUT2D eigenvalue weighted by atomic mass is 32.1. The lowest BCUT2D eigenvalue weighted by Crippen LogP contribution is -2.19. The van der Waals surface area contributed by atoms with E-state index >= 15 is 0 Å². The summed E-state index contributed by atoms with van der Waals surface area (Å²) in [7, 11) is 1.32. The van der Waals surface area contributed by atoms with Gasteiger partial charge in [-0.05, 0) is 29.7 Å². The molecule has 3 N–H and O–H groups in total. The van der Waals surface area contributed by atoms with Crippen LogP contribution in [0.25, 0.3) is 33.6 Å². The average molecular weight is 605 g/mol. The molecule has 0 fully saturated rings. The van der Waals surface area contributed by atoms with E-state index in [0.717, 1.165) is 39.8 Å². The van der Waals surface area contributed by atoms with Gasteiger partial charge in [-0.2, -0.15) is 0 Å². The molecule has 0 spiro atoms. The van der Waals surface area contributed by atoms with Gasteiger partial charge >= 0.3 is 12.0 Å². The Kier molecular flexibility index (Phi) is 8.55. The predicted octanol–water partition coefficient (Wildman–Crippen LogP) is 7.03. The van der Waals surface area contributed by atoms with E-state index in [4.69, 9.17) is 4.42 Å². The number of rotatable bonds is 10. The number of hydrogen-bond donors (Lipinski definition) is 3. The van der Waals surface area contributed by atoms with Crippen LogP contribution in [0.15, 0.2) is 101 Å². The van der Waals surface area contributed by atoms with Crippen LogP contribution in [0.2, 0.25) is 0 Å². The Hall–Kier alpha value is -5.55. The van der Waals surface area contributed by atoms with Crippen LogP contribution in [-0.4, -0.2) is 40.6 Å². The maximum atomic E-state index is 12.4. The topological polar surface area (TPSA) is 131 Å². The molecule has 3 heterocycles. The average Bonchev–Trinajstić information content (AvgIpc) is 3.67. The summed E-state index contributed by atoms with van der Waals surface area (Å²) in [6.07, 6.45) is 2.29. The lowest BCUT2D eigenvalue weighted by atomic mass is 9.99. The minimum atomic E-state index is -0.421. The second-order valence-electron chi connectivity index (χ2n) is 9.79. The van der Waals surface area contributed by atoms with Gasteiger partial charge in [0.2, 0.25) is 5.71 Å². The SMILES string of the molecule is COC(=O)Cc1csc(NC(=O)Nc2ccc(CCNc3ncnc4oc(-c5ccccc5)c(-c5ccccc5)c34)cc2)n1. The zero-order valence-corrected chi connectivity index (χ0v) is 24.6. The molecule has 3 aromatic carbocycles. The lowest BCUT2D eigenvalue weighted by molar-refractivity contribution is -0.139. The van der Waals surface area contributed by atoms with Crippen LogP contribution in [0.1, 0.15) is 11.3 Å². The van der Waals surface area contributed by atoms with Gasteiger partial charge in [0.15, 0.2) is 5.13 Å². The monoisotopic (exact) mass is 604 g/mol. The smallest absolute Gasteiger partial charge is 0.325 e. The summed E-state index contributed by atoms with van der Waals surface area (Å²) >= 11 is 1.24. The molecule has 11 heteroatoms. The van der Waals surface area contributed by atoms with Crippen molar-refractivity contribution in [3.63, 3.8) is 0 Å². The first-order valence-electron chi connectivity index (χ1n) is 13.9. The molecule has 6 aromatic rings. The first kappa shape index (κ1) is 28.6. The number of fused-ring (bicyclic) bond motifs is 1. The van der Waals surface area contributed by atoms with Crippen molar-refractivity contribution in [3.05, 3.63) is 108 Å². The Morgan fingerprint density at radius 3 is 2.34 bits per heavy atom. The van der Waals surface area contributed by atoms with Gasteiger partial charge in [0.25, 0.3) is 0 Å². The number of carbonyl (C=O) groups excluding carboxylic acids is 2. The number of hydrogen-bond acceptors (Lipinski definition) is 9. The normalized spacial score (nSPS) is 10.8. The standard InChI is InChI=1S/C33H28N6O4S/c1-42-26(40)18-25-19-44-33(38-25)39-32(41)37-24-14-12-21(13-15-24)16-17-34-30-28-27(22-8-4-2-5-9-22)29(23-10-6-3-7-11-23)43-31(28)36-20-35-30/h2-15,19-20H,16-18H2,1H3,(H,34,35,36)(H2,37,38,39,41). The first-order chi connectivity index (χ1) is 21.6. The fourth-order valence-electron chi connectivity index (χ4n) is 4.75. The van der Waals surface area contributed by atoms with Crippen molar-refractivity contribution in [1.82, 2.24) is 15.0 Å². The Balaban J connectivity index is 1.11. The highest BCUT2D eigenvalue weighted by Crippen LogP contribution is 2.42. The van der Waals surface area contributed by atoms with Crippen molar-refractivity contribution in [2.45, 2.75) is 12.8 Å². The third-order valence-corrected chi connectivity index (χ3v) is 7.64. The van der Waals surface area contributed by atoms with Crippen molar-refractivity contribution in [2.24, 2.45) is 0 Å². The van der Waals surface area contributed by atoms with Crippen molar-refractivity contribution in [2.75, 3.05) is 29.6 Å². The van der Waals surface area contributed by atoms with Gasteiger partial charge in [0, 0.05) is 28.7 Å². The molecule has 0 atom stereocenters. The van der Waals surface area contributed by atoms with E-state index in [2.05, 4.69) is 47.8 Å². The Morgan fingerprint density at radius 1 is 0.886 bits per heavy atom. The number of nitrogens with one attached hydrogen (secondary N) is 3. The van der Waals surface area contributed by atoms with Crippen LogP contribution in [0.3, 0.4) is 0 Å². The quantitative estimate of drug-likeness (QED) is 0.142. The van der Waals surface area contributed by atoms with E-state index in [1.54, 1.807) is 5.38 Å². The summed E-state index contributed by atoms with van der Waals surface area (Å²) in [5.41, 5.74) is 5.72. The molecular weight excluding hydrogens is 576 g/mol. The molecule has 0 saturated heterocycles. The number of ether oxygens (including phenoxy) is 1. The van der Waals surface area contributed by atoms with E-state index < -0.39 is 6.03 Å². The number of methoxy groups -OCH3 is 1.